The van der Waals surface area contributed by atoms with E-state index in [1.807, 2.05) is 24.3 Å². The highest BCUT2D eigenvalue weighted by atomic mass is 79.9. The number of benzene rings is 1. The van der Waals surface area contributed by atoms with Crippen molar-refractivity contribution in [2.24, 2.45) is 0 Å². The van der Waals surface area contributed by atoms with Crippen LogP contribution in [0.4, 0.5) is 0 Å². The molecule has 0 aliphatic rings. The Balaban J connectivity index is 2.46. The van der Waals surface area contributed by atoms with E-state index in [0.717, 1.165) is 10.0 Å². The van der Waals surface area contributed by atoms with E-state index in [9.17, 15) is 14.4 Å². The number of hydrogen-bond acceptors (Lipinski definition) is 3. The van der Waals surface area contributed by atoms with Crippen LogP contribution in [-0.4, -0.2) is 34.1 Å². The van der Waals surface area contributed by atoms with E-state index in [1.54, 1.807) is 0 Å². The van der Waals surface area contributed by atoms with Gasteiger partial charge in [0.15, 0.2) is 0 Å². The number of hydrogen-bond donors (Lipinski definition) is 3. The Bertz CT molecular complexity index is 532. The molecule has 1 aromatic rings. The van der Waals surface area contributed by atoms with Crippen molar-refractivity contribution < 1.29 is 24.6 Å². The van der Waals surface area contributed by atoms with Crippen LogP contribution in [0.5, 0.6) is 0 Å². The number of halogens is 1. The van der Waals surface area contributed by atoms with E-state index < -0.39 is 23.9 Å². The number of carbonyl (C=O) groups excluding carboxylic acids is 1. The fourth-order valence-electron chi connectivity index (χ4n) is 1.74. The van der Waals surface area contributed by atoms with Crippen LogP contribution < -0.4 is 5.32 Å². The topological polar surface area (TPSA) is 104 Å². The van der Waals surface area contributed by atoms with Crippen LogP contribution in [-0.2, 0) is 20.8 Å². The molecule has 1 rings (SSSR count). The van der Waals surface area contributed by atoms with Gasteiger partial charge in [0.2, 0.25) is 5.91 Å². The third-order valence-corrected chi connectivity index (χ3v) is 3.30. The summed E-state index contributed by atoms with van der Waals surface area (Å²) >= 11 is 3.33. The average molecular weight is 358 g/mol. The molecular weight excluding hydrogens is 342 g/mol. The number of aryl methyl sites for hydroxylation is 1. The van der Waals surface area contributed by atoms with E-state index in [0.29, 0.717) is 6.42 Å². The Morgan fingerprint density at radius 2 is 1.90 bits per heavy atom. The minimum absolute atomic E-state index is 0.132. The number of nitrogens with one attached hydrogen (secondary N) is 1. The molecule has 0 saturated heterocycles. The predicted octanol–water partition coefficient (Wildman–Crippen LogP) is 1.82. The molecule has 0 saturated carbocycles. The first-order valence-electron chi connectivity index (χ1n) is 6.37. The molecule has 0 bridgehead atoms. The fraction of sp³-hybridized carbons (Fsp3) is 0.357. The summed E-state index contributed by atoms with van der Waals surface area (Å²) in [6.45, 7) is 0. The standard InChI is InChI=1S/C14H16BrNO5/c15-10-3-1-2-9(8-10)4-6-12(17)16-11(14(20)21)5-7-13(18)19/h1-3,8,11H,4-7H2,(H,16,17)(H,18,19)(H,20,21)/t11-/m0/s1. The quantitative estimate of drug-likeness (QED) is 0.658. The monoisotopic (exact) mass is 357 g/mol. The van der Waals surface area contributed by atoms with Crippen molar-refractivity contribution in [2.75, 3.05) is 0 Å². The molecule has 7 heteroatoms. The second-order valence-electron chi connectivity index (χ2n) is 4.52. The van der Waals surface area contributed by atoms with Crippen LogP contribution in [0.3, 0.4) is 0 Å². The van der Waals surface area contributed by atoms with Gasteiger partial charge in [-0.3, -0.25) is 9.59 Å². The lowest BCUT2D eigenvalue weighted by Gasteiger charge is -2.13. The highest BCUT2D eigenvalue weighted by molar-refractivity contribution is 9.10. The molecule has 0 aromatic heterocycles. The highest BCUT2D eigenvalue weighted by Crippen LogP contribution is 2.13. The van der Waals surface area contributed by atoms with Gasteiger partial charge in [-0.15, -0.1) is 0 Å². The van der Waals surface area contributed by atoms with Gasteiger partial charge in [-0.05, 0) is 30.5 Å². The van der Waals surface area contributed by atoms with Crippen molar-refractivity contribution in [3.8, 4) is 0 Å². The van der Waals surface area contributed by atoms with Crippen LogP contribution >= 0.6 is 15.9 Å². The van der Waals surface area contributed by atoms with Crippen LogP contribution in [0.25, 0.3) is 0 Å². The summed E-state index contributed by atoms with van der Waals surface area (Å²) in [7, 11) is 0. The molecule has 0 fully saturated rings. The molecule has 1 aromatic carbocycles. The zero-order valence-electron chi connectivity index (χ0n) is 11.2. The van der Waals surface area contributed by atoms with E-state index in [-0.39, 0.29) is 19.3 Å². The molecule has 1 atom stereocenters. The number of carboxylic acid groups (broad SMARTS) is 2. The van der Waals surface area contributed by atoms with Crippen molar-refractivity contribution in [3.05, 3.63) is 34.3 Å². The largest absolute Gasteiger partial charge is 0.481 e. The van der Waals surface area contributed by atoms with Gasteiger partial charge in [-0.25, -0.2) is 4.79 Å². The number of carboxylic acids is 2. The molecule has 21 heavy (non-hydrogen) atoms. The predicted molar refractivity (Wildman–Crippen MR) is 78.9 cm³/mol. The summed E-state index contributed by atoms with van der Waals surface area (Å²) in [5.74, 6) is -2.73. The molecule has 0 unspecified atom stereocenters. The van der Waals surface area contributed by atoms with Gasteiger partial charge in [0.05, 0.1) is 0 Å². The molecule has 0 aliphatic heterocycles. The van der Waals surface area contributed by atoms with Gasteiger partial charge in [-0.2, -0.15) is 0 Å². The lowest BCUT2D eigenvalue weighted by molar-refractivity contribution is -0.143. The molecule has 0 aliphatic carbocycles. The van der Waals surface area contributed by atoms with E-state index >= 15 is 0 Å². The molecule has 0 radical (unpaired) electrons. The average Bonchev–Trinajstić information content (AvgIpc) is 2.40. The third-order valence-electron chi connectivity index (χ3n) is 2.81. The van der Waals surface area contributed by atoms with Crippen molar-refractivity contribution >= 4 is 33.8 Å². The van der Waals surface area contributed by atoms with Crippen LogP contribution in [0.2, 0.25) is 0 Å². The Kier molecular flexibility index (Phi) is 6.87. The first-order valence-corrected chi connectivity index (χ1v) is 7.16. The first kappa shape index (κ1) is 17.2. The van der Waals surface area contributed by atoms with E-state index in [1.165, 1.54) is 0 Å². The number of aliphatic carboxylic acids is 2. The third kappa shape index (κ3) is 6.89. The molecule has 3 N–H and O–H groups in total. The summed E-state index contributed by atoms with van der Waals surface area (Å²) in [5.41, 5.74) is 0.955. The molecular formula is C14H16BrNO5. The first-order chi connectivity index (χ1) is 9.88. The van der Waals surface area contributed by atoms with Gasteiger partial charge in [0.25, 0.3) is 0 Å². The van der Waals surface area contributed by atoms with Gasteiger partial charge in [-0.1, -0.05) is 28.1 Å². The maximum Gasteiger partial charge on any atom is 0.326 e. The highest BCUT2D eigenvalue weighted by Gasteiger charge is 2.20. The second kappa shape index (κ2) is 8.41. The number of amides is 1. The van der Waals surface area contributed by atoms with E-state index in [2.05, 4.69) is 21.2 Å². The van der Waals surface area contributed by atoms with Crippen LogP contribution in [0.1, 0.15) is 24.8 Å². The number of carbonyl (C=O) groups is 3. The van der Waals surface area contributed by atoms with Crippen molar-refractivity contribution in [1.82, 2.24) is 5.32 Å². The van der Waals surface area contributed by atoms with Crippen LogP contribution in [0.15, 0.2) is 28.7 Å². The Labute approximate surface area is 130 Å². The molecule has 0 spiro atoms. The molecule has 6 nitrogen and oxygen atoms in total. The summed E-state index contributed by atoms with van der Waals surface area (Å²) in [4.78, 5) is 33.1. The zero-order chi connectivity index (χ0) is 15.8. The van der Waals surface area contributed by atoms with Gasteiger partial charge < -0.3 is 15.5 Å². The van der Waals surface area contributed by atoms with Crippen molar-refractivity contribution in [2.45, 2.75) is 31.7 Å². The second-order valence-corrected chi connectivity index (χ2v) is 5.44. The Morgan fingerprint density at radius 1 is 1.19 bits per heavy atom. The van der Waals surface area contributed by atoms with Crippen LogP contribution in [0, 0.1) is 0 Å². The van der Waals surface area contributed by atoms with Gasteiger partial charge >= 0.3 is 11.9 Å². The Hall–Kier alpha value is -1.89. The minimum atomic E-state index is -1.23. The summed E-state index contributed by atoms with van der Waals surface area (Å²) < 4.78 is 0.908. The molecule has 0 heterocycles. The van der Waals surface area contributed by atoms with Gasteiger partial charge in [0.1, 0.15) is 6.04 Å². The SMILES string of the molecule is O=C(O)CC[C@H](NC(=O)CCc1cccc(Br)c1)C(=O)O. The summed E-state index contributed by atoms with van der Waals surface area (Å²) in [6.07, 6.45) is 0.194. The van der Waals surface area contributed by atoms with E-state index in [4.69, 9.17) is 10.2 Å². The van der Waals surface area contributed by atoms with Gasteiger partial charge in [0, 0.05) is 17.3 Å². The Morgan fingerprint density at radius 3 is 2.48 bits per heavy atom. The normalized spacial score (nSPS) is 11.7. The minimum Gasteiger partial charge on any atom is -0.481 e. The maximum absolute atomic E-state index is 11.7. The number of rotatable bonds is 8. The van der Waals surface area contributed by atoms with Crippen molar-refractivity contribution in [1.29, 1.82) is 0 Å². The summed E-state index contributed by atoms with van der Waals surface area (Å²) in [6, 6.07) is 6.31. The molecule has 1 amide bonds. The lowest BCUT2D eigenvalue weighted by atomic mass is 10.1. The smallest absolute Gasteiger partial charge is 0.326 e. The summed E-state index contributed by atoms with van der Waals surface area (Å²) in [5, 5.41) is 19.8. The zero-order valence-corrected chi connectivity index (χ0v) is 12.8. The molecule has 114 valence electrons. The maximum atomic E-state index is 11.7. The fourth-order valence-corrected chi connectivity index (χ4v) is 2.19. The van der Waals surface area contributed by atoms with Crippen molar-refractivity contribution in [3.63, 3.8) is 0 Å². The lowest BCUT2D eigenvalue weighted by Crippen LogP contribution is -2.41.